The summed E-state index contributed by atoms with van der Waals surface area (Å²) in [6.07, 6.45) is 1.28. The molecule has 0 bridgehead atoms. The van der Waals surface area contributed by atoms with Crippen LogP contribution in [0.2, 0.25) is 0 Å². The van der Waals surface area contributed by atoms with Crippen molar-refractivity contribution in [1.29, 1.82) is 0 Å². The van der Waals surface area contributed by atoms with E-state index in [1.165, 1.54) is 20.3 Å². The van der Waals surface area contributed by atoms with E-state index in [1.54, 1.807) is 6.07 Å². The van der Waals surface area contributed by atoms with Gasteiger partial charge in [0.05, 0.1) is 20.6 Å². The molecule has 4 nitrogen and oxygen atoms in total. The van der Waals surface area contributed by atoms with E-state index in [0.29, 0.717) is 24.2 Å². The van der Waals surface area contributed by atoms with E-state index in [4.69, 9.17) is 14.6 Å². The SMILES string of the molecule is COc1cc(OC)c(F)c(C2(CC(=O)O)CC2)c1. The highest BCUT2D eigenvalue weighted by Crippen LogP contribution is 2.53. The van der Waals surface area contributed by atoms with Crippen LogP contribution >= 0.6 is 0 Å². The molecule has 18 heavy (non-hydrogen) atoms. The summed E-state index contributed by atoms with van der Waals surface area (Å²) < 4.78 is 24.2. The molecule has 1 fully saturated rings. The monoisotopic (exact) mass is 254 g/mol. The summed E-state index contributed by atoms with van der Waals surface area (Å²) in [5.74, 6) is -0.855. The third-order valence-electron chi connectivity index (χ3n) is 3.38. The van der Waals surface area contributed by atoms with E-state index in [0.717, 1.165) is 0 Å². The third-order valence-corrected chi connectivity index (χ3v) is 3.38. The van der Waals surface area contributed by atoms with Crippen molar-refractivity contribution in [3.63, 3.8) is 0 Å². The number of carboxylic acids is 1. The molecule has 1 aromatic rings. The van der Waals surface area contributed by atoms with Gasteiger partial charge in [-0.2, -0.15) is 0 Å². The van der Waals surface area contributed by atoms with Crippen molar-refractivity contribution >= 4 is 5.97 Å². The van der Waals surface area contributed by atoms with Crippen LogP contribution in [0.15, 0.2) is 12.1 Å². The highest BCUT2D eigenvalue weighted by molar-refractivity contribution is 5.70. The van der Waals surface area contributed by atoms with Crippen LogP contribution in [-0.2, 0) is 10.2 Å². The standard InChI is InChI=1S/C13H15FO4/c1-17-8-5-9(12(14)10(6-8)18-2)13(3-4-13)7-11(15)16/h5-6H,3-4,7H2,1-2H3,(H,15,16). The molecule has 0 spiro atoms. The van der Waals surface area contributed by atoms with Crippen molar-refractivity contribution in [2.45, 2.75) is 24.7 Å². The second kappa shape index (κ2) is 4.48. The molecule has 0 aromatic heterocycles. The molecule has 0 radical (unpaired) electrons. The van der Waals surface area contributed by atoms with Gasteiger partial charge in [-0.25, -0.2) is 4.39 Å². The van der Waals surface area contributed by atoms with E-state index >= 15 is 0 Å². The van der Waals surface area contributed by atoms with Crippen LogP contribution in [0.1, 0.15) is 24.8 Å². The maximum absolute atomic E-state index is 14.2. The molecule has 0 unspecified atom stereocenters. The molecule has 1 aromatic carbocycles. The first-order valence-corrected chi connectivity index (χ1v) is 5.66. The first-order valence-electron chi connectivity index (χ1n) is 5.66. The highest BCUT2D eigenvalue weighted by Gasteiger charge is 2.48. The van der Waals surface area contributed by atoms with Gasteiger partial charge in [0.25, 0.3) is 0 Å². The maximum atomic E-state index is 14.2. The molecule has 1 saturated carbocycles. The minimum Gasteiger partial charge on any atom is -0.497 e. The lowest BCUT2D eigenvalue weighted by molar-refractivity contribution is -0.137. The topological polar surface area (TPSA) is 55.8 Å². The lowest BCUT2D eigenvalue weighted by Gasteiger charge is -2.17. The Hall–Kier alpha value is -1.78. The average Bonchev–Trinajstić information content (AvgIpc) is 3.09. The van der Waals surface area contributed by atoms with Crippen LogP contribution in [-0.4, -0.2) is 25.3 Å². The van der Waals surface area contributed by atoms with Gasteiger partial charge in [0.2, 0.25) is 0 Å². The Labute approximate surface area is 104 Å². The summed E-state index contributed by atoms with van der Waals surface area (Å²) in [5, 5.41) is 8.91. The largest absolute Gasteiger partial charge is 0.497 e. The van der Waals surface area contributed by atoms with Gasteiger partial charge in [0, 0.05) is 17.0 Å². The predicted octanol–water partition coefficient (Wildman–Crippen LogP) is 2.35. The quantitative estimate of drug-likeness (QED) is 0.876. The number of rotatable bonds is 5. The molecular formula is C13H15FO4. The molecule has 2 rings (SSSR count). The summed E-state index contributed by atoms with van der Waals surface area (Å²) in [7, 11) is 2.85. The van der Waals surface area contributed by atoms with Crippen molar-refractivity contribution in [1.82, 2.24) is 0 Å². The molecule has 0 amide bonds. The molecule has 0 heterocycles. The number of methoxy groups -OCH3 is 2. The number of aliphatic carboxylic acids is 1. The minimum atomic E-state index is -0.923. The zero-order valence-electron chi connectivity index (χ0n) is 10.3. The van der Waals surface area contributed by atoms with Crippen molar-refractivity contribution < 1.29 is 23.8 Å². The number of hydrogen-bond donors (Lipinski definition) is 1. The van der Waals surface area contributed by atoms with Crippen LogP contribution in [0.3, 0.4) is 0 Å². The molecule has 0 aliphatic heterocycles. The van der Waals surface area contributed by atoms with E-state index in [2.05, 4.69) is 0 Å². The van der Waals surface area contributed by atoms with Gasteiger partial charge >= 0.3 is 5.97 Å². The van der Waals surface area contributed by atoms with Crippen molar-refractivity contribution in [3.8, 4) is 11.5 Å². The zero-order chi connectivity index (χ0) is 13.3. The molecule has 1 N–H and O–H groups in total. The first kappa shape index (κ1) is 12.7. The summed E-state index contributed by atoms with van der Waals surface area (Å²) in [6, 6.07) is 3.02. The molecule has 98 valence electrons. The Morgan fingerprint density at radius 3 is 2.50 bits per heavy atom. The predicted molar refractivity (Wildman–Crippen MR) is 62.7 cm³/mol. The molecule has 1 aliphatic rings. The van der Waals surface area contributed by atoms with E-state index in [-0.39, 0.29) is 12.2 Å². The molecule has 0 atom stereocenters. The second-order valence-corrected chi connectivity index (χ2v) is 4.54. The fourth-order valence-corrected chi connectivity index (χ4v) is 2.21. The smallest absolute Gasteiger partial charge is 0.304 e. The summed E-state index contributed by atoms with van der Waals surface area (Å²) in [5.41, 5.74) is -0.223. The Bertz CT molecular complexity index is 480. The third kappa shape index (κ3) is 2.12. The lowest BCUT2D eigenvalue weighted by atomic mass is 9.91. The van der Waals surface area contributed by atoms with Crippen LogP contribution < -0.4 is 9.47 Å². The van der Waals surface area contributed by atoms with Gasteiger partial charge in [-0.05, 0) is 18.9 Å². The second-order valence-electron chi connectivity index (χ2n) is 4.54. The van der Waals surface area contributed by atoms with Gasteiger partial charge < -0.3 is 14.6 Å². The van der Waals surface area contributed by atoms with Crippen molar-refractivity contribution in [3.05, 3.63) is 23.5 Å². The molecule has 1 aliphatic carbocycles. The average molecular weight is 254 g/mol. The zero-order valence-corrected chi connectivity index (χ0v) is 10.3. The van der Waals surface area contributed by atoms with Gasteiger partial charge in [-0.15, -0.1) is 0 Å². The van der Waals surface area contributed by atoms with Gasteiger partial charge in [0.15, 0.2) is 11.6 Å². The molecule has 5 heteroatoms. The number of ether oxygens (including phenoxy) is 2. The van der Waals surface area contributed by atoms with E-state index in [9.17, 15) is 9.18 Å². The van der Waals surface area contributed by atoms with Crippen LogP contribution in [0, 0.1) is 5.82 Å². The van der Waals surface area contributed by atoms with Gasteiger partial charge in [-0.3, -0.25) is 4.79 Å². The Morgan fingerprint density at radius 1 is 1.39 bits per heavy atom. The number of hydrogen-bond acceptors (Lipinski definition) is 3. The highest BCUT2D eigenvalue weighted by atomic mass is 19.1. The Kier molecular flexibility index (Phi) is 3.15. The fraction of sp³-hybridized carbons (Fsp3) is 0.462. The fourth-order valence-electron chi connectivity index (χ4n) is 2.21. The van der Waals surface area contributed by atoms with Crippen LogP contribution in [0.25, 0.3) is 0 Å². The van der Waals surface area contributed by atoms with Gasteiger partial charge in [-0.1, -0.05) is 0 Å². The van der Waals surface area contributed by atoms with Crippen LogP contribution in [0.5, 0.6) is 11.5 Å². The Morgan fingerprint density at radius 2 is 2.06 bits per heavy atom. The summed E-state index contributed by atoms with van der Waals surface area (Å²) >= 11 is 0. The normalized spacial score (nSPS) is 16.2. The molecule has 0 saturated heterocycles. The van der Waals surface area contributed by atoms with Gasteiger partial charge in [0.1, 0.15) is 5.75 Å². The molecular weight excluding hydrogens is 239 g/mol. The van der Waals surface area contributed by atoms with Crippen LogP contribution in [0.4, 0.5) is 4.39 Å². The van der Waals surface area contributed by atoms with Crippen molar-refractivity contribution in [2.75, 3.05) is 14.2 Å². The van der Waals surface area contributed by atoms with E-state index < -0.39 is 17.2 Å². The number of benzene rings is 1. The van der Waals surface area contributed by atoms with E-state index in [1.807, 2.05) is 0 Å². The van der Waals surface area contributed by atoms with Crippen molar-refractivity contribution in [2.24, 2.45) is 0 Å². The maximum Gasteiger partial charge on any atom is 0.304 e. The summed E-state index contributed by atoms with van der Waals surface area (Å²) in [4.78, 5) is 10.9. The summed E-state index contributed by atoms with van der Waals surface area (Å²) in [6.45, 7) is 0. The number of carbonyl (C=O) groups is 1. The number of halogens is 1. The first-order chi connectivity index (χ1) is 8.52. The Balaban J connectivity index is 2.46. The number of carboxylic acid groups (broad SMARTS) is 1. The minimum absolute atomic E-state index is 0.0692. The lowest BCUT2D eigenvalue weighted by Crippen LogP contribution is -2.15.